The number of pyridine rings is 1. The lowest BCUT2D eigenvalue weighted by Crippen LogP contribution is -2.36. The van der Waals surface area contributed by atoms with Gasteiger partial charge in [0, 0.05) is 31.6 Å². The number of anilines is 1. The van der Waals surface area contributed by atoms with Gasteiger partial charge >= 0.3 is 6.09 Å². The van der Waals surface area contributed by atoms with Crippen LogP contribution >= 0.6 is 0 Å². The molecule has 2 aliphatic rings. The van der Waals surface area contributed by atoms with Gasteiger partial charge in [-0.3, -0.25) is 4.79 Å². The SMILES string of the molecule is COc1ccc2nc(N3CCC(CCNC(=O)OCC(=O)NCC4CC4)CC3)ccc2c1. The van der Waals surface area contributed by atoms with E-state index < -0.39 is 6.09 Å². The number of benzene rings is 1. The number of piperidine rings is 1. The monoisotopic (exact) mass is 440 g/mol. The summed E-state index contributed by atoms with van der Waals surface area (Å²) in [4.78, 5) is 30.5. The van der Waals surface area contributed by atoms with E-state index in [1.54, 1.807) is 7.11 Å². The average Bonchev–Trinajstić information content (AvgIpc) is 3.66. The first-order valence-electron chi connectivity index (χ1n) is 11.5. The topological polar surface area (TPSA) is 92.8 Å². The summed E-state index contributed by atoms with van der Waals surface area (Å²) in [6, 6.07) is 10.1. The molecule has 8 nitrogen and oxygen atoms in total. The fraction of sp³-hybridized carbons (Fsp3) is 0.542. The standard InChI is InChI=1S/C24H32N4O4/c1-31-20-5-6-21-19(14-20)4-7-22(27-21)28-12-9-17(10-13-28)8-11-25-24(30)32-16-23(29)26-15-18-2-3-18/h4-7,14,17-18H,2-3,8-13,15-16H2,1H3,(H,25,30)(H,26,29). The zero-order chi connectivity index (χ0) is 22.3. The van der Waals surface area contributed by atoms with Gasteiger partial charge in [0.05, 0.1) is 12.6 Å². The number of hydrogen-bond donors (Lipinski definition) is 2. The number of rotatable bonds is 9. The number of carbonyl (C=O) groups is 2. The number of fused-ring (bicyclic) bond motifs is 1. The zero-order valence-electron chi connectivity index (χ0n) is 18.6. The first-order valence-corrected chi connectivity index (χ1v) is 11.5. The highest BCUT2D eigenvalue weighted by Crippen LogP contribution is 2.28. The van der Waals surface area contributed by atoms with E-state index in [1.807, 2.05) is 18.2 Å². The Kier molecular flexibility index (Phi) is 7.29. The Bertz CT molecular complexity index is 939. The molecule has 1 saturated carbocycles. The van der Waals surface area contributed by atoms with Crippen LogP contribution in [0.1, 0.15) is 32.1 Å². The van der Waals surface area contributed by atoms with E-state index in [0.29, 0.717) is 24.9 Å². The van der Waals surface area contributed by atoms with Crippen molar-refractivity contribution in [1.29, 1.82) is 0 Å². The summed E-state index contributed by atoms with van der Waals surface area (Å²) >= 11 is 0. The predicted octanol–water partition coefficient (Wildman–Crippen LogP) is 3.10. The predicted molar refractivity (Wildman–Crippen MR) is 123 cm³/mol. The molecule has 4 rings (SSSR count). The Labute approximate surface area is 188 Å². The van der Waals surface area contributed by atoms with Crippen molar-refractivity contribution in [3.05, 3.63) is 30.3 Å². The molecule has 32 heavy (non-hydrogen) atoms. The van der Waals surface area contributed by atoms with Crippen LogP contribution in [0.2, 0.25) is 0 Å². The van der Waals surface area contributed by atoms with Crippen LogP contribution in [0.5, 0.6) is 5.75 Å². The molecule has 2 N–H and O–H groups in total. The van der Waals surface area contributed by atoms with Gasteiger partial charge in [-0.25, -0.2) is 9.78 Å². The number of methoxy groups -OCH3 is 1. The lowest BCUT2D eigenvalue weighted by atomic mass is 9.93. The molecule has 1 aromatic carbocycles. The maximum atomic E-state index is 11.8. The van der Waals surface area contributed by atoms with E-state index in [1.165, 1.54) is 12.8 Å². The lowest BCUT2D eigenvalue weighted by Gasteiger charge is -2.33. The quantitative estimate of drug-likeness (QED) is 0.623. The molecule has 8 heteroatoms. The Balaban J connectivity index is 1.14. The molecule has 1 aliphatic carbocycles. The summed E-state index contributed by atoms with van der Waals surface area (Å²) < 4.78 is 10.3. The molecule has 0 unspecified atom stereocenters. The van der Waals surface area contributed by atoms with E-state index in [0.717, 1.165) is 54.8 Å². The van der Waals surface area contributed by atoms with Crippen molar-refractivity contribution in [2.75, 3.05) is 44.8 Å². The van der Waals surface area contributed by atoms with Gasteiger partial charge in [-0.15, -0.1) is 0 Å². The number of hydrogen-bond acceptors (Lipinski definition) is 6. The summed E-state index contributed by atoms with van der Waals surface area (Å²) in [7, 11) is 1.67. The first-order chi connectivity index (χ1) is 15.6. The van der Waals surface area contributed by atoms with Crippen LogP contribution in [0, 0.1) is 11.8 Å². The minimum absolute atomic E-state index is 0.220. The number of carbonyl (C=O) groups excluding carboxylic acids is 2. The number of amides is 2. The second-order valence-electron chi connectivity index (χ2n) is 8.70. The third-order valence-corrected chi connectivity index (χ3v) is 6.26. The largest absolute Gasteiger partial charge is 0.497 e. The smallest absolute Gasteiger partial charge is 0.407 e. The normalized spacial score (nSPS) is 16.6. The summed E-state index contributed by atoms with van der Waals surface area (Å²) in [6.07, 6.45) is 4.85. The summed E-state index contributed by atoms with van der Waals surface area (Å²) in [6.45, 7) is 2.92. The van der Waals surface area contributed by atoms with Gasteiger partial charge in [-0.05, 0) is 74.3 Å². The maximum absolute atomic E-state index is 11.8. The van der Waals surface area contributed by atoms with Gasteiger partial charge in [-0.2, -0.15) is 0 Å². The van der Waals surface area contributed by atoms with Gasteiger partial charge in [0.2, 0.25) is 0 Å². The van der Waals surface area contributed by atoms with Crippen molar-refractivity contribution in [3.63, 3.8) is 0 Å². The van der Waals surface area contributed by atoms with Gasteiger partial charge in [0.15, 0.2) is 6.61 Å². The maximum Gasteiger partial charge on any atom is 0.407 e. The van der Waals surface area contributed by atoms with Crippen molar-refractivity contribution in [3.8, 4) is 5.75 Å². The Morgan fingerprint density at radius 3 is 2.62 bits per heavy atom. The zero-order valence-corrected chi connectivity index (χ0v) is 18.6. The minimum Gasteiger partial charge on any atom is -0.497 e. The fourth-order valence-corrected chi connectivity index (χ4v) is 4.04. The van der Waals surface area contributed by atoms with Crippen molar-refractivity contribution in [1.82, 2.24) is 15.6 Å². The molecule has 2 heterocycles. The number of ether oxygens (including phenoxy) is 2. The van der Waals surface area contributed by atoms with E-state index in [-0.39, 0.29) is 12.5 Å². The van der Waals surface area contributed by atoms with Crippen LogP contribution in [-0.4, -0.2) is 56.9 Å². The lowest BCUT2D eigenvalue weighted by molar-refractivity contribution is -0.124. The molecule has 2 fully saturated rings. The summed E-state index contributed by atoms with van der Waals surface area (Å²) in [5, 5.41) is 6.61. The number of nitrogens with one attached hydrogen (secondary N) is 2. The van der Waals surface area contributed by atoms with Crippen molar-refractivity contribution in [2.45, 2.75) is 32.1 Å². The highest BCUT2D eigenvalue weighted by molar-refractivity contribution is 5.82. The van der Waals surface area contributed by atoms with Crippen LogP contribution in [0.25, 0.3) is 10.9 Å². The Morgan fingerprint density at radius 1 is 1.06 bits per heavy atom. The Hall–Kier alpha value is -3.03. The van der Waals surface area contributed by atoms with Crippen LogP contribution in [-0.2, 0) is 9.53 Å². The number of nitrogens with zero attached hydrogens (tertiary/aromatic N) is 2. The second kappa shape index (κ2) is 10.5. The molecule has 0 atom stereocenters. The molecule has 2 amide bonds. The van der Waals surface area contributed by atoms with Gasteiger partial charge in [-0.1, -0.05) is 0 Å². The van der Waals surface area contributed by atoms with Crippen molar-refractivity contribution in [2.24, 2.45) is 11.8 Å². The van der Waals surface area contributed by atoms with E-state index in [4.69, 9.17) is 14.5 Å². The highest BCUT2D eigenvalue weighted by atomic mass is 16.6. The first kappa shape index (κ1) is 22.2. The van der Waals surface area contributed by atoms with Gasteiger partial charge in [0.25, 0.3) is 5.91 Å². The van der Waals surface area contributed by atoms with Crippen LogP contribution in [0.4, 0.5) is 10.6 Å². The van der Waals surface area contributed by atoms with E-state index in [9.17, 15) is 9.59 Å². The van der Waals surface area contributed by atoms with E-state index >= 15 is 0 Å². The molecule has 0 bridgehead atoms. The minimum atomic E-state index is -0.527. The van der Waals surface area contributed by atoms with E-state index in [2.05, 4.69) is 27.7 Å². The molecule has 1 saturated heterocycles. The molecule has 0 spiro atoms. The molecular formula is C24H32N4O4. The van der Waals surface area contributed by atoms with Crippen LogP contribution in [0.15, 0.2) is 30.3 Å². The fourth-order valence-electron chi connectivity index (χ4n) is 4.04. The third kappa shape index (κ3) is 6.24. The van der Waals surface area contributed by atoms with Crippen molar-refractivity contribution >= 4 is 28.7 Å². The molecular weight excluding hydrogens is 408 g/mol. The number of aromatic nitrogens is 1. The third-order valence-electron chi connectivity index (χ3n) is 6.26. The Morgan fingerprint density at radius 2 is 1.88 bits per heavy atom. The highest BCUT2D eigenvalue weighted by Gasteiger charge is 2.22. The van der Waals surface area contributed by atoms with Crippen LogP contribution < -0.4 is 20.3 Å². The summed E-state index contributed by atoms with van der Waals surface area (Å²) in [5.74, 6) is 2.77. The molecule has 2 aromatic rings. The van der Waals surface area contributed by atoms with Gasteiger partial charge in [0.1, 0.15) is 11.6 Å². The van der Waals surface area contributed by atoms with Crippen molar-refractivity contribution < 1.29 is 19.1 Å². The van der Waals surface area contributed by atoms with Crippen LogP contribution in [0.3, 0.4) is 0 Å². The molecule has 172 valence electrons. The average molecular weight is 441 g/mol. The van der Waals surface area contributed by atoms with Gasteiger partial charge < -0.3 is 25.0 Å². The molecule has 0 radical (unpaired) electrons. The molecule has 1 aliphatic heterocycles. The number of alkyl carbamates (subject to hydrolysis) is 1. The second-order valence-corrected chi connectivity index (χ2v) is 8.70. The summed E-state index contributed by atoms with van der Waals surface area (Å²) in [5.41, 5.74) is 0.967. The molecule has 1 aromatic heterocycles.